The molecule has 2 N–H and O–H groups in total. The maximum absolute atomic E-state index is 11.3. The number of aryl methyl sites for hydroxylation is 1. The van der Waals surface area contributed by atoms with E-state index in [1.807, 2.05) is 31.2 Å². The van der Waals surface area contributed by atoms with Crippen molar-refractivity contribution in [2.24, 2.45) is 5.73 Å². The molecule has 1 aromatic carbocycles. The average molecular weight is 220 g/mol. The molecule has 1 aliphatic rings. The SMILES string of the molecule is Cc1ccccc1C(N)CN1CCOC1=O. The molecule has 86 valence electrons. The summed E-state index contributed by atoms with van der Waals surface area (Å²) in [5.41, 5.74) is 8.33. The zero-order chi connectivity index (χ0) is 11.5. The Labute approximate surface area is 95.0 Å². The largest absolute Gasteiger partial charge is 0.448 e. The summed E-state index contributed by atoms with van der Waals surface area (Å²) >= 11 is 0. The number of benzene rings is 1. The second kappa shape index (κ2) is 4.53. The first-order valence-electron chi connectivity index (χ1n) is 5.41. The zero-order valence-electron chi connectivity index (χ0n) is 9.35. The molecular formula is C12H16N2O2. The fraction of sp³-hybridized carbons (Fsp3) is 0.417. The Balaban J connectivity index is 2.05. The van der Waals surface area contributed by atoms with Gasteiger partial charge in [-0.1, -0.05) is 24.3 Å². The number of cyclic esters (lactones) is 1. The number of rotatable bonds is 3. The first-order chi connectivity index (χ1) is 7.68. The lowest BCUT2D eigenvalue weighted by atomic mass is 10.0. The zero-order valence-corrected chi connectivity index (χ0v) is 9.35. The Hall–Kier alpha value is -1.55. The van der Waals surface area contributed by atoms with Crippen molar-refractivity contribution < 1.29 is 9.53 Å². The van der Waals surface area contributed by atoms with Crippen LogP contribution in [0.1, 0.15) is 17.2 Å². The molecule has 2 rings (SSSR count). The van der Waals surface area contributed by atoms with E-state index in [4.69, 9.17) is 10.5 Å². The lowest BCUT2D eigenvalue weighted by Crippen LogP contribution is -2.33. The van der Waals surface area contributed by atoms with E-state index in [9.17, 15) is 4.79 Å². The normalized spacial score (nSPS) is 17.4. The second-order valence-corrected chi connectivity index (χ2v) is 4.02. The third kappa shape index (κ3) is 2.17. The van der Waals surface area contributed by atoms with Crippen LogP contribution in [0.5, 0.6) is 0 Å². The fourth-order valence-electron chi connectivity index (χ4n) is 1.93. The highest BCUT2D eigenvalue weighted by Gasteiger charge is 2.24. The molecule has 1 heterocycles. The molecular weight excluding hydrogens is 204 g/mol. The van der Waals surface area contributed by atoms with Crippen molar-refractivity contribution in [2.75, 3.05) is 19.7 Å². The maximum Gasteiger partial charge on any atom is 0.410 e. The molecule has 4 heteroatoms. The minimum atomic E-state index is -0.260. The summed E-state index contributed by atoms with van der Waals surface area (Å²) in [6, 6.07) is 7.82. The van der Waals surface area contributed by atoms with Crippen LogP contribution < -0.4 is 5.73 Å². The predicted molar refractivity (Wildman–Crippen MR) is 61.0 cm³/mol. The monoisotopic (exact) mass is 220 g/mol. The molecule has 16 heavy (non-hydrogen) atoms. The van der Waals surface area contributed by atoms with Crippen LogP contribution in [0.2, 0.25) is 0 Å². The smallest absolute Gasteiger partial charge is 0.410 e. The summed E-state index contributed by atoms with van der Waals surface area (Å²) in [5.74, 6) is 0. The summed E-state index contributed by atoms with van der Waals surface area (Å²) < 4.78 is 4.86. The Morgan fingerprint density at radius 1 is 1.50 bits per heavy atom. The maximum atomic E-state index is 11.3. The highest BCUT2D eigenvalue weighted by molar-refractivity contribution is 5.69. The minimum absolute atomic E-state index is 0.146. The Morgan fingerprint density at radius 2 is 2.25 bits per heavy atom. The van der Waals surface area contributed by atoms with Gasteiger partial charge in [0.25, 0.3) is 0 Å². The number of carbonyl (C=O) groups is 1. The molecule has 0 aliphatic carbocycles. The number of nitrogens with two attached hydrogens (primary N) is 1. The van der Waals surface area contributed by atoms with Gasteiger partial charge < -0.3 is 15.4 Å². The number of carbonyl (C=O) groups excluding carboxylic acids is 1. The minimum Gasteiger partial charge on any atom is -0.448 e. The fourth-order valence-corrected chi connectivity index (χ4v) is 1.93. The quantitative estimate of drug-likeness (QED) is 0.838. The molecule has 1 amide bonds. The molecule has 0 aromatic heterocycles. The summed E-state index contributed by atoms with van der Waals surface area (Å²) in [7, 11) is 0. The van der Waals surface area contributed by atoms with Crippen molar-refractivity contribution in [1.82, 2.24) is 4.90 Å². The van der Waals surface area contributed by atoms with Gasteiger partial charge in [0.05, 0.1) is 6.54 Å². The van der Waals surface area contributed by atoms with Crippen LogP contribution in [-0.2, 0) is 4.74 Å². The Bertz CT molecular complexity index is 392. The summed E-state index contributed by atoms with van der Waals surface area (Å²) in [5, 5.41) is 0. The van der Waals surface area contributed by atoms with Crippen LogP contribution in [0.15, 0.2) is 24.3 Å². The van der Waals surface area contributed by atoms with E-state index in [-0.39, 0.29) is 12.1 Å². The van der Waals surface area contributed by atoms with Crippen LogP contribution in [0.3, 0.4) is 0 Å². The molecule has 1 unspecified atom stereocenters. The molecule has 1 aliphatic heterocycles. The van der Waals surface area contributed by atoms with Crippen molar-refractivity contribution >= 4 is 6.09 Å². The molecule has 1 saturated heterocycles. The Kier molecular flexibility index (Phi) is 3.10. The van der Waals surface area contributed by atoms with Crippen molar-refractivity contribution in [3.8, 4) is 0 Å². The molecule has 0 radical (unpaired) electrons. The molecule has 1 atom stereocenters. The van der Waals surface area contributed by atoms with Crippen molar-refractivity contribution in [3.05, 3.63) is 35.4 Å². The third-order valence-corrected chi connectivity index (χ3v) is 2.85. The molecule has 4 nitrogen and oxygen atoms in total. The number of amides is 1. The number of hydrogen-bond donors (Lipinski definition) is 1. The molecule has 0 saturated carbocycles. The number of hydrogen-bond acceptors (Lipinski definition) is 3. The number of nitrogens with zero attached hydrogens (tertiary/aromatic N) is 1. The third-order valence-electron chi connectivity index (χ3n) is 2.85. The van der Waals surface area contributed by atoms with E-state index in [0.717, 1.165) is 11.1 Å². The van der Waals surface area contributed by atoms with Gasteiger partial charge in [0.1, 0.15) is 6.61 Å². The average Bonchev–Trinajstić information content (AvgIpc) is 2.65. The first kappa shape index (κ1) is 11.0. The molecule has 0 spiro atoms. The van der Waals surface area contributed by atoms with Gasteiger partial charge in [-0.15, -0.1) is 0 Å². The van der Waals surface area contributed by atoms with Crippen LogP contribution in [0.4, 0.5) is 4.79 Å². The van der Waals surface area contributed by atoms with Crippen molar-refractivity contribution in [2.45, 2.75) is 13.0 Å². The number of ether oxygens (including phenoxy) is 1. The van der Waals surface area contributed by atoms with Gasteiger partial charge in [-0.2, -0.15) is 0 Å². The topological polar surface area (TPSA) is 55.6 Å². The van der Waals surface area contributed by atoms with E-state index in [0.29, 0.717) is 19.7 Å². The van der Waals surface area contributed by atoms with E-state index in [2.05, 4.69) is 0 Å². The van der Waals surface area contributed by atoms with Crippen LogP contribution in [0, 0.1) is 6.92 Å². The van der Waals surface area contributed by atoms with E-state index < -0.39 is 0 Å². The second-order valence-electron chi connectivity index (χ2n) is 4.02. The van der Waals surface area contributed by atoms with Gasteiger partial charge in [-0.25, -0.2) is 4.79 Å². The summed E-state index contributed by atoms with van der Waals surface area (Å²) in [6.07, 6.45) is -0.260. The van der Waals surface area contributed by atoms with E-state index in [1.54, 1.807) is 4.90 Å². The van der Waals surface area contributed by atoms with E-state index >= 15 is 0 Å². The highest BCUT2D eigenvalue weighted by atomic mass is 16.6. The molecule has 1 fully saturated rings. The van der Waals surface area contributed by atoms with Crippen LogP contribution in [-0.4, -0.2) is 30.7 Å². The summed E-state index contributed by atoms with van der Waals surface area (Å²) in [6.45, 7) is 3.65. The lowest BCUT2D eigenvalue weighted by Gasteiger charge is -2.20. The van der Waals surface area contributed by atoms with Gasteiger partial charge in [0, 0.05) is 12.6 Å². The van der Waals surface area contributed by atoms with Gasteiger partial charge in [-0.05, 0) is 18.1 Å². The standard InChI is InChI=1S/C12H16N2O2/c1-9-4-2-3-5-10(9)11(13)8-14-6-7-16-12(14)15/h2-5,11H,6-8,13H2,1H3. The van der Waals surface area contributed by atoms with E-state index in [1.165, 1.54) is 0 Å². The first-order valence-corrected chi connectivity index (χ1v) is 5.41. The molecule has 0 bridgehead atoms. The van der Waals surface area contributed by atoms with Gasteiger partial charge in [0.15, 0.2) is 0 Å². The predicted octanol–water partition coefficient (Wildman–Crippen LogP) is 1.45. The van der Waals surface area contributed by atoms with Gasteiger partial charge >= 0.3 is 6.09 Å². The van der Waals surface area contributed by atoms with Crippen LogP contribution >= 0.6 is 0 Å². The summed E-state index contributed by atoms with van der Waals surface area (Å²) in [4.78, 5) is 12.9. The lowest BCUT2D eigenvalue weighted by molar-refractivity contribution is 0.157. The van der Waals surface area contributed by atoms with Crippen LogP contribution in [0.25, 0.3) is 0 Å². The molecule has 1 aromatic rings. The Morgan fingerprint density at radius 3 is 2.88 bits per heavy atom. The van der Waals surface area contributed by atoms with Gasteiger partial charge in [0.2, 0.25) is 0 Å². The van der Waals surface area contributed by atoms with Crippen molar-refractivity contribution in [3.63, 3.8) is 0 Å². The highest BCUT2D eigenvalue weighted by Crippen LogP contribution is 2.17. The van der Waals surface area contributed by atoms with Crippen molar-refractivity contribution in [1.29, 1.82) is 0 Å². The van der Waals surface area contributed by atoms with Gasteiger partial charge in [-0.3, -0.25) is 0 Å².